The molecule has 0 aliphatic carbocycles. The van der Waals surface area contributed by atoms with Crippen molar-refractivity contribution in [3.8, 4) is 0 Å². The Morgan fingerprint density at radius 3 is 3.14 bits per heavy atom. The van der Waals surface area contributed by atoms with Gasteiger partial charge in [0.05, 0.1) is 5.69 Å². The number of nitrogens with zero attached hydrogens (tertiary/aromatic N) is 5. The Kier molecular flexibility index (Phi) is 3.20. The molecule has 0 saturated heterocycles. The number of pyridine rings is 1. The van der Waals surface area contributed by atoms with Gasteiger partial charge in [0.1, 0.15) is 0 Å². The zero-order valence-electron chi connectivity index (χ0n) is 11.6. The van der Waals surface area contributed by atoms with Gasteiger partial charge >= 0.3 is 0 Å². The van der Waals surface area contributed by atoms with Gasteiger partial charge in [-0.3, -0.25) is 13.6 Å². The van der Waals surface area contributed by atoms with Crippen molar-refractivity contribution in [3.63, 3.8) is 0 Å². The lowest BCUT2D eigenvalue weighted by Crippen LogP contribution is -2.14. The third kappa shape index (κ3) is 2.20. The molecule has 0 bridgehead atoms. The fourth-order valence-electron chi connectivity index (χ4n) is 2.23. The summed E-state index contributed by atoms with van der Waals surface area (Å²) >= 11 is 2.99. The molecular formula is C14H11N5OS2. The molecule has 0 aliphatic heterocycles. The van der Waals surface area contributed by atoms with E-state index in [9.17, 15) is 4.79 Å². The zero-order chi connectivity index (χ0) is 15.1. The summed E-state index contributed by atoms with van der Waals surface area (Å²) in [6, 6.07) is 7.35. The van der Waals surface area contributed by atoms with Gasteiger partial charge < -0.3 is 0 Å². The minimum Gasteiger partial charge on any atom is -0.277 e. The molecule has 4 aromatic heterocycles. The third-order valence-electron chi connectivity index (χ3n) is 3.26. The summed E-state index contributed by atoms with van der Waals surface area (Å²) in [5, 5.41) is 11.0. The fraction of sp³-hybridized carbons (Fsp3) is 0.143. The Hall–Kier alpha value is -2.19. The maximum atomic E-state index is 12.1. The highest BCUT2D eigenvalue weighted by Crippen LogP contribution is 2.21. The minimum atomic E-state index is -0.0366. The lowest BCUT2D eigenvalue weighted by atomic mass is 10.4. The van der Waals surface area contributed by atoms with Crippen molar-refractivity contribution in [1.29, 1.82) is 0 Å². The number of aromatic nitrogens is 5. The molecule has 0 unspecified atom stereocenters. The molecule has 0 atom stereocenters. The van der Waals surface area contributed by atoms with Crippen LogP contribution < -0.4 is 5.56 Å². The Balaban J connectivity index is 1.65. The monoisotopic (exact) mass is 329 g/mol. The molecule has 6 nitrogen and oxygen atoms in total. The summed E-state index contributed by atoms with van der Waals surface area (Å²) in [7, 11) is 0. The van der Waals surface area contributed by atoms with Crippen LogP contribution in [-0.2, 0) is 5.75 Å². The molecule has 22 heavy (non-hydrogen) atoms. The number of rotatable bonds is 3. The van der Waals surface area contributed by atoms with E-state index in [2.05, 4.69) is 15.2 Å². The van der Waals surface area contributed by atoms with Crippen LogP contribution in [0, 0.1) is 6.92 Å². The van der Waals surface area contributed by atoms with Crippen LogP contribution in [-0.4, -0.2) is 24.0 Å². The van der Waals surface area contributed by atoms with Crippen LogP contribution in [0.1, 0.15) is 11.4 Å². The van der Waals surface area contributed by atoms with Crippen LogP contribution in [0.5, 0.6) is 0 Å². The van der Waals surface area contributed by atoms with Gasteiger partial charge in [0, 0.05) is 29.1 Å². The molecule has 0 radical (unpaired) electrons. The molecular weight excluding hydrogens is 318 g/mol. The first kappa shape index (κ1) is 13.5. The van der Waals surface area contributed by atoms with Crippen molar-refractivity contribution in [2.75, 3.05) is 0 Å². The molecule has 4 heterocycles. The standard InChI is InChI=1S/C14H11N5OS2/c1-9-7-21-13-15-10(6-12(20)19(9)13)8-22-14-17-16-11-4-2-3-5-18(11)14/h2-7H,8H2,1H3. The van der Waals surface area contributed by atoms with Crippen molar-refractivity contribution in [1.82, 2.24) is 24.0 Å². The molecule has 0 saturated carbocycles. The largest absolute Gasteiger partial charge is 0.277 e. The fourth-order valence-corrected chi connectivity index (χ4v) is 3.94. The summed E-state index contributed by atoms with van der Waals surface area (Å²) in [6.45, 7) is 1.91. The second-order valence-electron chi connectivity index (χ2n) is 4.78. The number of aryl methyl sites for hydroxylation is 1. The van der Waals surface area contributed by atoms with E-state index in [1.54, 1.807) is 10.5 Å². The summed E-state index contributed by atoms with van der Waals surface area (Å²) in [6.07, 6.45) is 1.92. The SMILES string of the molecule is Cc1csc2nc(CSc3nnc4ccccn34)cc(=O)n12. The molecule has 4 aromatic rings. The van der Waals surface area contributed by atoms with E-state index in [1.807, 2.05) is 41.1 Å². The highest BCUT2D eigenvalue weighted by molar-refractivity contribution is 7.98. The van der Waals surface area contributed by atoms with Gasteiger partial charge in [0.15, 0.2) is 15.8 Å². The van der Waals surface area contributed by atoms with E-state index in [-0.39, 0.29) is 5.56 Å². The van der Waals surface area contributed by atoms with E-state index < -0.39 is 0 Å². The van der Waals surface area contributed by atoms with Crippen LogP contribution in [0.2, 0.25) is 0 Å². The van der Waals surface area contributed by atoms with Crippen LogP contribution in [0.25, 0.3) is 10.6 Å². The first-order valence-electron chi connectivity index (χ1n) is 6.62. The molecule has 0 amide bonds. The first-order chi connectivity index (χ1) is 10.7. The molecule has 0 spiro atoms. The van der Waals surface area contributed by atoms with Crippen LogP contribution in [0.4, 0.5) is 0 Å². The van der Waals surface area contributed by atoms with Gasteiger partial charge in [-0.15, -0.1) is 21.5 Å². The summed E-state index contributed by atoms with van der Waals surface area (Å²) < 4.78 is 3.55. The topological polar surface area (TPSA) is 64.6 Å². The smallest absolute Gasteiger partial charge is 0.258 e. The normalized spacial score (nSPS) is 11.5. The predicted molar refractivity (Wildman–Crippen MR) is 86.6 cm³/mol. The average molecular weight is 329 g/mol. The van der Waals surface area contributed by atoms with Gasteiger partial charge in [-0.1, -0.05) is 17.8 Å². The Labute approximate surface area is 133 Å². The molecule has 0 N–H and O–H groups in total. The number of fused-ring (bicyclic) bond motifs is 2. The summed E-state index contributed by atoms with van der Waals surface area (Å²) in [5.41, 5.74) is 2.44. The minimum absolute atomic E-state index is 0.0366. The zero-order valence-corrected chi connectivity index (χ0v) is 13.3. The van der Waals surface area contributed by atoms with Gasteiger partial charge in [0.2, 0.25) is 0 Å². The maximum Gasteiger partial charge on any atom is 0.258 e. The van der Waals surface area contributed by atoms with Gasteiger partial charge in [-0.25, -0.2) is 4.98 Å². The van der Waals surface area contributed by atoms with Gasteiger partial charge in [-0.05, 0) is 19.1 Å². The lowest BCUT2D eigenvalue weighted by Gasteiger charge is -2.01. The number of thiazole rings is 1. The quantitative estimate of drug-likeness (QED) is 0.540. The molecule has 0 fully saturated rings. The highest BCUT2D eigenvalue weighted by Gasteiger charge is 2.09. The maximum absolute atomic E-state index is 12.1. The second-order valence-corrected chi connectivity index (χ2v) is 6.56. The molecule has 0 aliphatic rings. The molecule has 8 heteroatoms. The Morgan fingerprint density at radius 1 is 1.32 bits per heavy atom. The predicted octanol–water partition coefficient (Wildman–Crippen LogP) is 2.40. The van der Waals surface area contributed by atoms with E-state index >= 15 is 0 Å². The van der Waals surface area contributed by atoms with Crippen molar-refractivity contribution in [2.24, 2.45) is 0 Å². The Bertz CT molecular complexity index is 1030. The number of hydrogen-bond donors (Lipinski definition) is 0. The van der Waals surface area contributed by atoms with Gasteiger partial charge in [0.25, 0.3) is 5.56 Å². The van der Waals surface area contributed by atoms with Crippen molar-refractivity contribution >= 4 is 33.7 Å². The van der Waals surface area contributed by atoms with E-state index in [4.69, 9.17) is 0 Å². The lowest BCUT2D eigenvalue weighted by molar-refractivity contribution is 0.919. The van der Waals surface area contributed by atoms with Crippen molar-refractivity contribution in [2.45, 2.75) is 17.8 Å². The summed E-state index contributed by atoms with van der Waals surface area (Å²) in [4.78, 5) is 17.4. The van der Waals surface area contributed by atoms with E-state index in [0.717, 1.165) is 27.2 Å². The number of thioether (sulfide) groups is 1. The Morgan fingerprint density at radius 2 is 2.23 bits per heavy atom. The summed E-state index contributed by atoms with van der Waals surface area (Å²) in [5.74, 6) is 0.582. The van der Waals surface area contributed by atoms with Gasteiger partial charge in [-0.2, -0.15) is 0 Å². The van der Waals surface area contributed by atoms with E-state index in [1.165, 1.54) is 23.1 Å². The third-order valence-corrected chi connectivity index (χ3v) is 5.18. The van der Waals surface area contributed by atoms with E-state index in [0.29, 0.717) is 5.75 Å². The average Bonchev–Trinajstić information content (AvgIpc) is 3.09. The second kappa shape index (κ2) is 5.22. The van der Waals surface area contributed by atoms with Crippen molar-refractivity contribution in [3.05, 3.63) is 57.6 Å². The van der Waals surface area contributed by atoms with Crippen LogP contribution >= 0.6 is 23.1 Å². The molecule has 0 aromatic carbocycles. The molecule has 4 rings (SSSR count). The van der Waals surface area contributed by atoms with Crippen molar-refractivity contribution < 1.29 is 0 Å². The van der Waals surface area contributed by atoms with Crippen LogP contribution in [0.15, 0.2) is 45.8 Å². The van der Waals surface area contributed by atoms with Crippen LogP contribution in [0.3, 0.4) is 0 Å². The molecule has 110 valence electrons. The highest BCUT2D eigenvalue weighted by atomic mass is 32.2. The number of hydrogen-bond acceptors (Lipinski definition) is 6. The first-order valence-corrected chi connectivity index (χ1v) is 8.48.